The molecule has 5 heteroatoms. The lowest BCUT2D eigenvalue weighted by molar-refractivity contribution is -0.124. The van der Waals surface area contributed by atoms with Gasteiger partial charge in [0.25, 0.3) is 5.91 Å². The molecule has 1 aromatic carbocycles. The second kappa shape index (κ2) is 8.56. The normalized spacial score (nSPS) is 13.6. The van der Waals surface area contributed by atoms with Crippen LogP contribution in [0.1, 0.15) is 45.0 Å². The molecule has 0 saturated carbocycles. The number of rotatable bonds is 7. The van der Waals surface area contributed by atoms with Gasteiger partial charge in [-0.1, -0.05) is 27.7 Å². The second-order valence-electron chi connectivity index (χ2n) is 6.46. The van der Waals surface area contributed by atoms with E-state index in [1.54, 1.807) is 31.4 Å². The van der Waals surface area contributed by atoms with E-state index in [9.17, 15) is 9.59 Å². The Morgan fingerprint density at radius 2 is 1.48 bits per heavy atom. The van der Waals surface area contributed by atoms with Crippen LogP contribution in [-0.4, -0.2) is 31.0 Å². The Balaban J connectivity index is 2.78. The fourth-order valence-electron chi connectivity index (χ4n) is 1.98. The number of carbonyl (C=O) groups excluding carboxylic acids is 2. The van der Waals surface area contributed by atoms with Crippen molar-refractivity contribution in [3.63, 3.8) is 0 Å². The monoisotopic (exact) mass is 320 g/mol. The summed E-state index contributed by atoms with van der Waals surface area (Å²) in [5, 5.41) is 5.78. The highest BCUT2D eigenvalue weighted by Gasteiger charge is 2.26. The molecule has 0 bridgehead atoms. The van der Waals surface area contributed by atoms with Crippen LogP contribution in [-0.2, 0) is 4.79 Å². The van der Waals surface area contributed by atoms with Gasteiger partial charge in [-0.3, -0.25) is 9.59 Å². The van der Waals surface area contributed by atoms with Gasteiger partial charge in [-0.15, -0.1) is 0 Å². The minimum absolute atomic E-state index is 0.00318. The summed E-state index contributed by atoms with van der Waals surface area (Å²) >= 11 is 0. The van der Waals surface area contributed by atoms with Crippen molar-refractivity contribution >= 4 is 11.8 Å². The van der Waals surface area contributed by atoms with Gasteiger partial charge in [0, 0.05) is 11.6 Å². The molecule has 128 valence electrons. The molecule has 1 rings (SSSR count). The molecule has 0 aliphatic rings. The van der Waals surface area contributed by atoms with Crippen LogP contribution >= 0.6 is 0 Å². The molecular weight excluding hydrogens is 292 g/mol. The third-order valence-electron chi connectivity index (χ3n) is 3.96. The Hall–Kier alpha value is -2.04. The van der Waals surface area contributed by atoms with Crippen molar-refractivity contribution in [1.29, 1.82) is 0 Å². The third kappa shape index (κ3) is 5.58. The van der Waals surface area contributed by atoms with Gasteiger partial charge in [0.05, 0.1) is 7.11 Å². The van der Waals surface area contributed by atoms with E-state index in [0.717, 1.165) is 0 Å². The van der Waals surface area contributed by atoms with Gasteiger partial charge >= 0.3 is 0 Å². The standard InChI is InChI=1S/C18H28N2O3/c1-11(2)13(5)19-18(22)16(12(3)4)20-17(21)14-7-9-15(23-6)10-8-14/h7-13,16H,1-6H3,(H,19,22)(H,20,21). The summed E-state index contributed by atoms with van der Waals surface area (Å²) in [4.78, 5) is 24.8. The highest BCUT2D eigenvalue weighted by molar-refractivity contribution is 5.97. The molecular formula is C18H28N2O3. The lowest BCUT2D eigenvalue weighted by atomic mass is 10.0. The zero-order valence-electron chi connectivity index (χ0n) is 14.8. The van der Waals surface area contributed by atoms with Crippen LogP contribution in [0.5, 0.6) is 5.75 Å². The summed E-state index contributed by atoms with van der Waals surface area (Å²) in [5.74, 6) is 0.604. The molecule has 0 heterocycles. The van der Waals surface area contributed by atoms with Gasteiger partial charge < -0.3 is 15.4 Å². The predicted molar refractivity (Wildman–Crippen MR) is 91.5 cm³/mol. The Morgan fingerprint density at radius 3 is 1.91 bits per heavy atom. The summed E-state index contributed by atoms with van der Waals surface area (Å²) in [6.45, 7) is 9.89. The number of ether oxygens (including phenoxy) is 1. The van der Waals surface area contributed by atoms with Crippen molar-refractivity contribution in [3.8, 4) is 5.75 Å². The van der Waals surface area contributed by atoms with Crippen LogP contribution in [0.3, 0.4) is 0 Å². The van der Waals surface area contributed by atoms with Crippen molar-refractivity contribution in [2.45, 2.75) is 46.7 Å². The van der Waals surface area contributed by atoms with Crippen LogP contribution < -0.4 is 15.4 Å². The lowest BCUT2D eigenvalue weighted by Gasteiger charge is -2.25. The Kier molecular flexibility index (Phi) is 7.07. The molecule has 0 fully saturated rings. The average molecular weight is 320 g/mol. The van der Waals surface area contributed by atoms with Crippen molar-refractivity contribution in [2.75, 3.05) is 7.11 Å². The number of hydrogen-bond donors (Lipinski definition) is 2. The summed E-state index contributed by atoms with van der Waals surface area (Å²) in [7, 11) is 1.57. The Morgan fingerprint density at radius 1 is 0.913 bits per heavy atom. The molecule has 5 nitrogen and oxygen atoms in total. The first-order valence-electron chi connectivity index (χ1n) is 8.01. The first kappa shape index (κ1) is 19.0. The molecule has 2 unspecified atom stereocenters. The van der Waals surface area contributed by atoms with Gasteiger partial charge in [-0.2, -0.15) is 0 Å². The van der Waals surface area contributed by atoms with E-state index in [1.165, 1.54) is 0 Å². The molecule has 0 aliphatic carbocycles. The van der Waals surface area contributed by atoms with E-state index in [0.29, 0.717) is 17.2 Å². The maximum absolute atomic E-state index is 12.4. The van der Waals surface area contributed by atoms with Crippen LogP contribution in [0.4, 0.5) is 0 Å². The fourth-order valence-corrected chi connectivity index (χ4v) is 1.98. The van der Waals surface area contributed by atoms with Gasteiger partial charge in [0.15, 0.2) is 0 Å². The molecule has 0 saturated heterocycles. The largest absolute Gasteiger partial charge is 0.497 e. The van der Waals surface area contributed by atoms with Crippen LogP contribution in [0.2, 0.25) is 0 Å². The molecule has 0 aromatic heterocycles. The van der Waals surface area contributed by atoms with Crippen molar-refractivity contribution < 1.29 is 14.3 Å². The average Bonchev–Trinajstić information content (AvgIpc) is 2.51. The smallest absolute Gasteiger partial charge is 0.251 e. The molecule has 0 radical (unpaired) electrons. The Bertz CT molecular complexity index is 524. The highest BCUT2D eigenvalue weighted by Crippen LogP contribution is 2.12. The SMILES string of the molecule is COc1ccc(C(=O)NC(C(=O)NC(C)C(C)C)C(C)C)cc1. The van der Waals surface area contributed by atoms with Crippen LogP contribution in [0.25, 0.3) is 0 Å². The van der Waals surface area contributed by atoms with E-state index in [4.69, 9.17) is 4.74 Å². The number of carbonyl (C=O) groups is 2. The molecule has 0 aliphatic heterocycles. The molecule has 2 N–H and O–H groups in total. The zero-order chi connectivity index (χ0) is 17.6. The molecule has 2 amide bonds. The van der Waals surface area contributed by atoms with E-state index in [1.807, 2.05) is 34.6 Å². The van der Waals surface area contributed by atoms with Crippen molar-refractivity contribution in [3.05, 3.63) is 29.8 Å². The van der Waals surface area contributed by atoms with E-state index < -0.39 is 6.04 Å². The Labute approximate surface area is 138 Å². The van der Waals surface area contributed by atoms with E-state index in [-0.39, 0.29) is 23.8 Å². The number of benzene rings is 1. The predicted octanol–water partition coefficient (Wildman–Crippen LogP) is 2.61. The summed E-state index contributed by atoms with van der Waals surface area (Å²) in [5.41, 5.74) is 0.501. The number of hydrogen-bond acceptors (Lipinski definition) is 3. The first-order valence-corrected chi connectivity index (χ1v) is 8.01. The van der Waals surface area contributed by atoms with Gasteiger partial charge in [0.1, 0.15) is 11.8 Å². The summed E-state index contributed by atoms with van der Waals surface area (Å²) in [6, 6.07) is 6.30. The molecule has 2 atom stereocenters. The minimum Gasteiger partial charge on any atom is -0.497 e. The number of nitrogens with one attached hydrogen (secondary N) is 2. The van der Waals surface area contributed by atoms with Gasteiger partial charge in [0.2, 0.25) is 5.91 Å². The quantitative estimate of drug-likeness (QED) is 0.811. The minimum atomic E-state index is -0.564. The molecule has 23 heavy (non-hydrogen) atoms. The highest BCUT2D eigenvalue weighted by atomic mass is 16.5. The van der Waals surface area contributed by atoms with Gasteiger partial charge in [-0.25, -0.2) is 0 Å². The lowest BCUT2D eigenvalue weighted by Crippen LogP contribution is -2.52. The zero-order valence-corrected chi connectivity index (χ0v) is 14.8. The summed E-state index contributed by atoms with van der Waals surface area (Å²) in [6.07, 6.45) is 0. The first-order chi connectivity index (χ1) is 10.8. The number of methoxy groups -OCH3 is 1. The van der Waals surface area contributed by atoms with E-state index in [2.05, 4.69) is 10.6 Å². The topological polar surface area (TPSA) is 67.4 Å². The second-order valence-corrected chi connectivity index (χ2v) is 6.46. The van der Waals surface area contributed by atoms with Crippen molar-refractivity contribution in [2.24, 2.45) is 11.8 Å². The molecule has 0 spiro atoms. The van der Waals surface area contributed by atoms with Gasteiger partial charge in [-0.05, 0) is 43.0 Å². The maximum atomic E-state index is 12.4. The van der Waals surface area contributed by atoms with Crippen LogP contribution in [0, 0.1) is 11.8 Å². The third-order valence-corrected chi connectivity index (χ3v) is 3.96. The number of amides is 2. The molecule has 1 aromatic rings. The van der Waals surface area contributed by atoms with E-state index >= 15 is 0 Å². The fraction of sp³-hybridized carbons (Fsp3) is 0.556. The summed E-state index contributed by atoms with van der Waals surface area (Å²) < 4.78 is 5.08. The maximum Gasteiger partial charge on any atom is 0.251 e. The van der Waals surface area contributed by atoms with Crippen LogP contribution in [0.15, 0.2) is 24.3 Å². The van der Waals surface area contributed by atoms with Crippen molar-refractivity contribution in [1.82, 2.24) is 10.6 Å².